The normalized spacial score (nSPS) is 12.8. The molecule has 226 valence electrons. The molecule has 2 rings (SSSR count). The van der Waals surface area contributed by atoms with Crippen LogP contribution in [0.25, 0.3) is 0 Å². The number of methoxy groups -OCH3 is 4. The monoisotopic (exact) mass is 562 g/mol. The van der Waals surface area contributed by atoms with Gasteiger partial charge in [0.15, 0.2) is 0 Å². The number of nitrogens with one attached hydrogen (secondary N) is 2. The number of ether oxygens (including phenoxy) is 4. The fourth-order valence-electron chi connectivity index (χ4n) is 4.24. The largest absolute Gasteiger partial charge is 0.508 e. The number of benzene rings is 2. The van der Waals surface area contributed by atoms with Crippen LogP contribution in [0, 0.1) is 0 Å². The third-order valence-corrected chi connectivity index (χ3v) is 7.11. The Bertz CT molecular complexity index is 886. The average Bonchev–Trinajstić information content (AvgIpc) is 2.95. The van der Waals surface area contributed by atoms with E-state index in [1.54, 1.807) is 40.6 Å². The number of rotatable bonds is 21. The molecule has 0 aliphatic heterocycles. The van der Waals surface area contributed by atoms with Crippen molar-refractivity contribution >= 4 is 11.4 Å². The highest BCUT2D eigenvalue weighted by atomic mass is 16.5. The van der Waals surface area contributed by atoms with Gasteiger partial charge in [-0.1, -0.05) is 12.1 Å². The number of hydrogen-bond donors (Lipinski definition) is 4. The lowest BCUT2D eigenvalue weighted by molar-refractivity contribution is 0.190. The van der Waals surface area contributed by atoms with Crippen molar-refractivity contribution in [3.05, 3.63) is 47.5 Å². The molecular weight excluding hydrogens is 512 g/mol. The molecule has 2 unspecified atom stereocenters. The van der Waals surface area contributed by atoms with Gasteiger partial charge in [0.1, 0.15) is 11.5 Å². The van der Waals surface area contributed by atoms with Gasteiger partial charge in [0.05, 0.1) is 26.4 Å². The molecule has 0 bridgehead atoms. The highest BCUT2D eigenvalue weighted by molar-refractivity contribution is 5.54. The van der Waals surface area contributed by atoms with Crippen LogP contribution in [0.2, 0.25) is 0 Å². The number of phenolic OH excluding ortho intramolecular Hbond substituents is 2. The molecule has 40 heavy (non-hydrogen) atoms. The quantitative estimate of drug-likeness (QED) is 0.181. The molecule has 4 N–H and O–H groups in total. The fourth-order valence-corrected chi connectivity index (χ4v) is 4.24. The van der Waals surface area contributed by atoms with Gasteiger partial charge in [-0.15, -0.1) is 0 Å². The summed E-state index contributed by atoms with van der Waals surface area (Å²) >= 11 is 0. The molecule has 10 nitrogen and oxygen atoms in total. The number of phenols is 2. The van der Waals surface area contributed by atoms with Gasteiger partial charge in [0.25, 0.3) is 0 Å². The van der Waals surface area contributed by atoms with E-state index >= 15 is 0 Å². The Morgan fingerprint density at radius 3 is 1.20 bits per heavy atom. The van der Waals surface area contributed by atoms with Crippen molar-refractivity contribution in [1.29, 1.82) is 0 Å². The predicted octanol–water partition coefficient (Wildman–Crippen LogP) is 2.95. The van der Waals surface area contributed by atoms with E-state index in [-0.39, 0.29) is 23.6 Å². The van der Waals surface area contributed by atoms with Gasteiger partial charge in [-0.3, -0.25) is 0 Å². The first-order valence-electron chi connectivity index (χ1n) is 13.9. The lowest BCUT2D eigenvalue weighted by atomic mass is 10.1. The summed E-state index contributed by atoms with van der Waals surface area (Å²) in [5, 5.41) is 28.4. The third-order valence-electron chi connectivity index (χ3n) is 7.11. The van der Waals surface area contributed by atoms with Gasteiger partial charge in [-0.05, 0) is 26.0 Å². The van der Waals surface area contributed by atoms with Crippen LogP contribution in [0.5, 0.6) is 11.5 Å². The van der Waals surface area contributed by atoms with Crippen molar-refractivity contribution in [2.75, 3.05) is 90.8 Å². The zero-order chi connectivity index (χ0) is 29.3. The van der Waals surface area contributed by atoms with Gasteiger partial charge >= 0.3 is 0 Å². The summed E-state index contributed by atoms with van der Waals surface area (Å²) < 4.78 is 20.9. The highest BCUT2D eigenvalue weighted by Gasteiger charge is 2.15. The average molecular weight is 563 g/mol. The number of hydrogen-bond acceptors (Lipinski definition) is 10. The topological polar surface area (TPSA) is 108 Å². The minimum absolute atomic E-state index is 0.124. The van der Waals surface area contributed by atoms with Crippen LogP contribution in [-0.4, -0.2) is 103 Å². The molecule has 0 fully saturated rings. The van der Waals surface area contributed by atoms with E-state index in [2.05, 4.69) is 34.3 Å². The van der Waals surface area contributed by atoms with E-state index in [1.807, 2.05) is 24.3 Å². The summed E-state index contributed by atoms with van der Waals surface area (Å²) in [4.78, 5) is 4.27. The van der Waals surface area contributed by atoms with Gasteiger partial charge in [0, 0.05) is 114 Å². The molecule has 0 saturated carbocycles. The van der Waals surface area contributed by atoms with Crippen molar-refractivity contribution < 1.29 is 29.2 Å². The molecule has 0 heterocycles. The Balaban J connectivity index is 1.91. The van der Waals surface area contributed by atoms with Crippen LogP contribution in [0.4, 0.5) is 11.4 Å². The van der Waals surface area contributed by atoms with Crippen LogP contribution >= 0.6 is 0 Å². The molecule has 0 spiro atoms. The van der Waals surface area contributed by atoms with Crippen LogP contribution in [0.15, 0.2) is 36.4 Å². The molecule has 0 saturated heterocycles. The minimum Gasteiger partial charge on any atom is -0.508 e. The summed E-state index contributed by atoms with van der Waals surface area (Å²) in [6, 6.07) is 11.8. The van der Waals surface area contributed by atoms with Gasteiger partial charge in [0.2, 0.25) is 0 Å². The Morgan fingerprint density at radius 2 is 0.925 bits per heavy atom. The minimum atomic E-state index is 0.124. The van der Waals surface area contributed by atoms with E-state index in [4.69, 9.17) is 18.9 Å². The zero-order valence-corrected chi connectivity index (χ0v) is 25.1. The van der Waals surface area contributed by atoms with Gasteiger partial charge in [-0.25, -0.2) is 0 Å². The standard InChI is InChI=1S/C30H50N4O6/c1-23(31-21-25-7-9-27(19-29(25)35)33(11-15-37-3)12-16-38-4)24(2)32-22-26-8-10-28(20-30(26)36)34(13-17-39-5)14-18-40-6/h7-10,19-20,23-24,31-32,35-36H,11-18,21-22H2,1-6H3. The maximum Gasteiger partial charge on any atom is 0.122 e. The van der Waals surface area contributed by atoms with Crippen LogP contribution in [0.3, 0.4) is 0 Å². The Kier molecular flexibility index (Phi) is 15.7. The van der Waals surface area contributed by atoms with Crippen molar-refractivity contribution in [2.45, 2.75) is 39.0 Å². The lowest BCUT2D eigenvalue weighted by Gasteiger charge is -2.26. The first kappa shape index (κ1) is 33.6. The van der Waals surface area contributed by atoms with Crippen molar-refractivity contribution in [2.24, 2.45) is 0 Å². The number of aromatic hydroxyl groups is 2. The van der Waals surface area contributed by atoms with Gasteiger partial charge in [-0.2, -0.15) is 0 Å². The maximum absolute atomic E-state index is 10.7. The number of anilines is 2. The second-order valence-corrected chi connectivity index (χ2v) is 9.91. The molecule has 0 amide bonds. The molecule has 2 aromatic carbocycles. The summed E-state index contributed by atoms with van der Waals surface area (Å²) in [6.07, 6.45) is 0. The predicted molar refractivity (Wildman–Crippen MR) is 161 cm³/mol. The first-order chi connectivity index (χ1) is 19.3. The molecule has 0 radical (unpaired) electrons. The number of nitrogens with zero attached hydrogens (tertiary/aromatic N) is 2. The second-order valence-electron chi connectivity index (χ2n) is 9.91. The molecule has 0 aliphatic rings. The summed E-state index contributed by atoms with van der Waals surface area (Å²) in [6.45, 7) is 10.5. The van der Waals surface area contributed by atoms with Gasteiger partial charge < -0.3 is 49.6 Å². The molecule has 0 aliphatic carbocycles. The molecule has 2 atom stereocenters. The summed E-state index contributed by atoms with van der Waals surface area (Å²) in [7, 11) is 6.72. The summed E-state index contributed by atoms with van der Waals surface area (Å²) in [5.74, 6) is 0.514. The van der Waals surface area contributed by atoms with Crippen LogP contribution < -0.4 is 20.4 Å². The Hall–Kier alpha value is -2.60. The zero-order valence-electron chi connectivity index (χ0n) is 25.1. The second kappa shape index (κ2) is 18.7. The SMILES string of the molecule is COCCN(CCOC)c1ccc(CNC(C)C(C)NCc2ccc(N(CCOC)CCOC)cc2O)c(O)c1. The summed E-state index contributed by atoms with van der Waals surface area (Å²) in [5.41, 5.74) is 3.54. The lowest BCUT2D eigenvalue weighted by Crippen LogP contribution is -2.43. The van der Waals surface area contributed by atoms with E-state index in [0.717, 1.165) is 48.7 Å². The third kappa shape index (κ3) is 11.1. The van der Waals surface area contributed by atoms with E-state index in [0.29, 0.717) is 39.5 Å². The highest BCUT2D eigenvalue weighted by Crippen LogP contribution is 2.26. The maximum atomic E-state index is 10.7. The molecule has 10 heteroatoms. The van der Waals surface area contributed by atoms with Crippen molar-refractivity contribution in [3.63, 3.8) is 0 Å². The van der Waals surface area contributed by atoms with Crippen molar-refractivity contribution in [3.8, 4) is 11.5 Å². The van der Waals surface area contributed by atoms with E-state index < -0.39 is 0 Å². The van der Waals surface area contributed by atoms with E-state index in [1.165, 1.54) is 0 Å². The fraction of sp³-hybridized carbons (Fsp3) is 0.600. The Morgan fingerprint density at radius 1 is 0.600 bits per heavy atom. The van der Waals surface area contributed by atoms with Crippen LogP contribution in [0.1, 0.15) is 25.0 Å². The molecule has 2 aromatic rings. The molecular formula is C30H50N4O6. The smallest absolute Gasteiger partial charge is 0.122 e. The van der Waals surface area contributed by atoms with E-state index in [9.17, 15) is 10.2 Å². The molecule has 0 aromatic heterocycles. The Labute approximate surface area is 240 Å². The van der Waals surface area contributed by atoms with Crippen LogP contribution in [-0.2, 0) is 32.0 Å². The first-order valence-corrected chi connectivity index (χ1v) is 13.9. The van der Waals surface area contributed by atoms with Crippen molar-refractivity contribution in [1.82, 2.24) is 10.6 Å².